The third-order valence-corrected chi connectivity index (χ3v) is 4.67. The fourth-order valence-electron chi connectivity index (χ4n) is 3.26. The number of hydrogen-bond acceptors (Lipinski definition) is 3. The molecule has 1 aromatic carbocycles. The Hall–Kier alpha value is -1.81. The Kier molecular flexibility index (Phi) is 4.21. The van der Waals surface area contributed by atoms with E-state index in [0.717, 1.165) is 38.5 Å². The lowest BCUT2D eigenvalue weighted by Gasteiger charge is -2.25. The number of carbonyl (C=O) groups excluding carboxylic acids is 2. The molecule has 2 amide bonds. The first-order valence-corrected chi connectivity index (χ1v) is 8.04. The van der Waals surface area contributed by atoms with Crippen molar-refractivity contribution in [3.05, 3.63) is 40.6 Å². The van der Waals surface area contributed by atoms with Crippen LogP contribution in [0.5, 0.6) is 0 Å². The summed E-state index contributed by atoms with van der Waals surface area (Å²) >= 11 is 5.85. The van der Waals surface area contributed by atoms with E-state index in [9.17, 15) is 14.7 Å². The van der Waals surface area contributed by atoms with E-state index in [2.05, 4.69) is 0 Å². The minimum atomic E-state index is -0.568. The van der Waals surface area contributed by atoms with Gasteiger partial charge in [-0.25, -0.2) is 0 Å². The summed E-state index contributed by atoms with van der Waals surface area (Å²) in [6.45, 7) is 0. The van der Waals surface area contributed by atoms with Gasteiger partial charge < -0.3 is 5.11 Å². The molecule has 3 rings (SSSR count). The van der Waals surface area contributed by atoms with Crippen LogP contribution in [0, 0.1) is 0 Å². The summed E-state index contributed by atoms with van der Waals surface area (Å²) in [6.07, 6.45) is 5.93. The summed E-state index contributed by atoms with van der Waals surface area (Å²) in [5.74, 6) is -1.41. The van der Waals surface area contributed by atoms with Crippen molar-refractivity contribution in [1.29, 1.82) is 0 Å². The third kappa shape index (κ3) is 2.63. The molecule has 0 atom stereocenters. The average Bonchev–Trinajstić information content (AvgIpc) is 2.70. The van der Waals surface area contributed by atoms with Gasteiger partial charge in [0.2, 0.25) is 0 Å². The van der Waals surface area contributed by atoms with Crippen LogP contribution >= 0.6 is 11.6 Å². The van der Waals surface area contributed by atoms with Crippen molar-refractivity contribution in [2.45, 2.75) is 44.6 Å². The van der Waals surface area contributed by atoms with Crippen LogP contribution in [-0.2, 0) is 9.59 Å². The molecule has 2 aliphatic rings. The van der Waals surface area contributed by atoms with Crippen LogP contribution in [0.3, 0.4) is 0 Å². The first-order chi connectivity index (χ1) is 10.6. The molecular weight excluding hydrogens is 302 g/mol. The molecule has 0 bridgehead atoms. The standard InChI is InChI=1S/C17H18ClNO3/c18-12-9-7-11(8-10-12)14-15(20)17(22)19(16(14)21)13-5-3-1-2-4-6-13/h7-10,13,20H,1-6H2. The second kappa shape index (κ2) is 6.13. The molecule has 1 fully saturated rings. The summed E-state index contributed by atoms with van der Waals surface area (Å²) in [7, 11) is 0. The SMILES string of the molecule is O=C1C(O)=C(c2ccc(Cl)cc2)C(=O)N1C1CCCCCC1. The van der Waals surface area contributed by atoms with Gasteiger partial charge in [-0.3, -0.25) is 14.5 Å². The molecule has 22 heavy (non-hydrogen) atoms. The van der Waals surface area contributed by atoms with Crippen LogP contribution in [0.2, 0.25) is 5.02 Å². The van der Waals surface area contributed by atoms with E-state index in [1.54, 1.807) is 24.3 Å². The number of aliphatic hydroxyl groups excluding tert-OH is 1. The van der Waals surface area contributed by atoms with Crippen molar-refractivity contribution in [2.75, 3.05) is 0 Å². The van der Waals surface area contributed by atoms with E-state index in [4.69, 9.17) is 11.6 Å². The zero-order chi connectivity index (χ0) is 15.7. The Morgan fingerprint density at radius 2 is 1.55 bits per heavy atom. The second-order valence-electron chi connectivity index (χ2n) is 5.86. The minimum Gasteiger partial charge on any atom is -0.502 e. The lowest BCUT2D eigenvalue weighted by molar-refractivity contribution is -0.141. The Labute approximate surface area is 134 Å². The van der Waals surface area contributed by atoms with Gasteiger partial charge in [0.05, 0.1) is 5.57 Å². The van der Waals surface area contributed by atoms with Gasteiger partial charge in [0.25, 0.3) is 11.8 Å². The van der Waals surface area contributed by atoms with Crippen LogP contribution < -0.4 is 0 Å². The summed E-state index contributed by atoms with van der Waals surface area (Å²) in [6, 6.07) is 6.48. The molecule has 0 aromatic heterocycles. The molecule has 1 aliphatic heterocycles. The predicted octanol–water partition coefficient (Wildman–Crippen LogP) is 3.70. The fraction of sp³-hybridized carbons (Fsp3) is 0.412. The Morgan fingerprint density at radius 1 is 0.955 bits per heavy atom. The van der Waals surface area contributed by atoms with E-state index in [1.165, 1.54) is 4.90 Å². The van der Waals surface area contributed by atoms with E-state index in [1.807, 2.05) is 0 Å². The van der Waals surface area contributed by atoms with Gasteiger partial charge in [-0.1, -0.05) is 49.4 Å². The fourth-order valence-corrected chi connectivity index (χ4v) is 3.39. The Morgan fingerprint density at radius 3 is 2.14 bits per heavy atom. The number of aliphatic hydroxyl groups is 1. The molecule has 116 valence electrons. The maximum Gasteiger partial charge on any atom is 0.296 e. The van der Waals surface area contributed by atoms with Crippen molar-refractivity contribution in [3.8, 4) is 0 Å². The van der Waals surface area contributed by atoms with Crippen LogP contribution in [-0.4, -0.2) is 27.9 Å². The zero-order valence-corrected chi connectivity index (χ0v) is 13.0. The summed E-state index contributed by atoms with van der Waals surface area (Å²) in [4.78, 5) is 26.3. The van der Waals surface area contributed by atoms with Gasteiger partial charge >= 0.3 is 0 Å². The summed E-state index contributed by atoms with van der Waals surface area (Å²) in [5.41, 5.74) is 0.613. The van der Waals surface area contributed by atoms with Gasteiger partial charge in [0.15, 0.2) is 5.76 Å². The first kappa shape index (κ1) is 15.1. The predicted molar refractivity (Wildman–Crippen MR) is 84.3 cm³/mol. The number of rotatable bonds is 2. The molecular formula is C17H18ClNO3. The second-order valence-corrected chi connectivity index (χ2v) is 6.29. The van der Waals surface area contributed by atoms with Gasteiger partial charge in [0, 0.05) is 11.1 Å². The van der Waals surface area contributed by atoms with Crippen molar-refractivity contribution in [1.82, 2.24) is 4.90 Å². The van der Waals surface area contributed by atoms with Crippen LogP contribution in [0.15, 0.2) is 30.0 Å². The number of hydrogen-bond donors (Lipinski definition) is 1. The van der Waals surface area contributed by atoms with Gasteiger partial charge in [-0.05, 0) is 30.5 Å². The Bertz CT molecular complexity index is 628. The molecule has 1 aromatic rings. The first-order valence-electron chi connectivity index (χ1n) is 7.66. The van der Waals surface area contributed by atoms with Crippen LogP contribution in [0.1, 0.15) is 44.1 Å². The lowest BCUT2D eigenvalue weighted by Crippen LogP contribution is -2.40. The molecule has 5 heteroatoms. The van der Waals surface area contributed by atoms with Crippen molar-refractivity contribution in [2.24, 2.45) is 0 Å². The topological polar surface area (TPSA) is 57.6 Å². The number of imide groups is 1. The number of nitrogens with zero attached hydrogens (tertiary/aromatic N) is 1. The lowest BCUT2D eigenvalue weighted by atomic mass is 10.0. The van der Waals surface area contributed by atoms with E-state index in [0.29, 0.717) is 10.6 Å². The average molecular weight is 320 g/mol. The number of benzene rings is 1. The van der Waals surface area contributed by atoms with Gasteiger partial charge in [0.1, 0.15) is 0 Å². The van der Waals surface area contributed by atoms with E-state index >= 15 is 0 Å². The molecule has 0 saturated heterocycles. The summed E-state index contributed by atoms with van der Waals surface area (Å²) in [5, 5.41) is 10.7. The zero-order valence-electron chi connectivity index (χ0n) is 12.2. The molecule has 0 unspecified atom stereocenters. The highest BCUT2D eigenvalue weighted by molar-refractivity contribution is 6.35. The maximum atomic E-state index is 12.7. The normalized spacial score (nSPS) is 20.7. The van der Waals surface area contributed by atoms with E-state index in [-0.39, 0.29) is 11.6 Å². The number of amides is 2. The maximum absolute atomic E-state index is 12.7. The van der Waals surface area contributed by atoms with Gasteiger partial charge in [-0.2, -0.15) is 0 Å². The minimum absolute atomic E-state index is 0.0888. The van der Waals surface area contributed by atoms with Crippen molar-refractivity contribution < 1.29 is 14.7 Å². The largest absolute Gasteiger partial charge is 0.502 e. The monoisotopic (exact) mass is 319 g/mol. The quantitative estimate of drug-likeness (QED) is 0.668. The smallest absolute Gasteiger partial charge is 0.296 e. The molecule has 0 spiro atoms. The number of halogens is 1. The molecule has 1 aliphatic carbocycles. The van der Waals surface area contributed by atoms with Gasteiger partial charge in [-0.15, -0.1) is 0 Å². The third-order valence-electron chi connectivity index (χ3n) is 4.41. The van der Waals surface area contributed by atoms with Crippen LogP contribution in [0.25, 0.3) is 5.57 Å². The van der Waals surface area contributed by atoms with E-state index < -0.39 is 17.6 Å². The molecule has 1 N–H and O–H groups in total. The molecule has 0 radical (unpaired) electrons. The summed E-state index contributed by atoms with van der Waals surface area (Å²) < 4.78 is 0. The molecule has 1 saturated carbocycles. The highest BCUT2D eigenvalue weighted by Gasteiger charge is 2.42. The highest BCUT2D eigenvalue weighted by atomic mass is 35.5. The number of carbonyl (C=O) groups is 2. The Balaban J connectivity index is 1.91. The van der Waals surface area contributed by atoms with Crippen LogP contribution in [0.4, 0.5) is 0 Å². The van der Waals surface area contributed by atoms with Crippen molar-refractivity contribution in [3.63, 3.8) is 0 Å². The highest BCUT2D eigenvalue weighted by Crippen LogP contribution is 2.33. The van der Waals surface area contributed by atoms with Crippen molar-refractivity contribution >= 4 is 29.0 Å². The molecule has 4 nitrogen and oxygen atoms in total. The molecule has 1 heterocycles.